The summed E-state index contributed by atoms with van der Waals surface area (Å²) in [6.07, 6.45) is -12.7. The molecule has 0 spiro atoms. The van der Waals surface area contributed by atoms with Crippen LogP contribution in [0.3, 0.4) is 0 Å². The molecule has 6 N–H and O–H groups in total. The molecule has 0 aliphatic heterocycles. The van der Waals surface area contributed by atoms with Crippen LogP contribution in [0.5, 0.6) is 0 Å². The Morgan fingerprint density at radius 1 is 0.680 bits per heavy atom. The molecule has 1 amide bonds. The molecule has 0 heterocycles. The molecule has 394 valence electrons. The number of carbonyl (C=O) groups excluding carboxylic acids is 6. The van der Waals surface area contributed by atoms with Gasteiger partial charge in [0.25, 0.3) is 5.91 Å². The first kappa shape index (κ1) is 55.4. The van der Waals surface area contributed by atoms with Crippen LogP contribution in [-0.4, -0.2) is 116 Å². The number of carbonyl (C=O) groups is 6. The number of fused-ring (bicyclic) bond motifs is 3. The highest BCUT2D eigenvalue weighted by Gasteiger charge is 2.75. The minimum Gasteiger partial charge on any atom is -0.459 e. The molecule has 75 heavy (non-hydrogen) atoms. The van der Waals surface area contributed by atoms with E-state index in [1.807, 2.05) is 12.1 Å². The van der Waals surface area contributed by atoms with E-state index in [2.05, 4.69) is 53.8 Å². The Morgan fingerprint density at radius 3 is 1.65 bits per heavy atom. The second-order valence-corrected chi connectivity index (χ2v) is 20.0. The maximum atomic E-state index is 15.4. The lowest BCUT2D eigenvalue weighted by Crippen LogP contribution is -2.78. The number of hydrogen-bond donors (Lipinski definition) is 6. The lowest BCUT2D eigenvalue weighted by molar-refractivity contribution is -0.287. The number of rotatable bonds is 12. The Hall–Kier alpha value is -7.34. The van der Waals surface area contributed by atoms with E-state index < -0.39 is 126 Å². The van der Waals surface area contributed by atoms with Crippen LogP contribution in [-0.2, 0) is 38.1 Å². The summed E-state index contributed by atoms with van der Waals surface area (Å²) in [6.45, 7) is 6.37. The quantitative estimate of drug-likeness (QED) is 0.0473. The fourth-order valence-corrected chi connectivity index (χ4v) is 11.1. The van der Waals surface area contributed by atoms with Gasteiger partial charge in [0.2, 0.25) is 0 Å². The van der Waals surface area contributed by atoms with E-state index in [1.165, 1.54) is 75.2 Å². The van der Waals surface area contributed by atoms with Crippen molar-refractivity contribution in [2.24, 2.45) is 16.7 Å². The van der Waals surface area contributed by atoms with Crippen LogP contribution in [0.4, 0.5) is 0 Å². The Kier molecular flexibility index (Phi) is 16.7. The average molecular weight is 1030 g/mol. The molecular weight excluding hydrogens is 963 g/mol. The van der Waals surface area contributed by atoms with Crippen LogP contribution in [0, 0.1) is 16.7 Å². The number of ether oxygens (including phenoxy) is 4. The number of aliphatic hydroxyl groups is 5. The third-order valence-electron chi connectivity index (χ3n) is 15.1. The smallest absolute Gasteiger partial charge is 0.338 e. The molecule has 0 saturated heterocycles. The third kappa shape index (κ3) is 10.9. The van der Waals surface area contributed by atoms with Crippen molar-refractivity contribution in [3.63, 3.8) is 0 Å². The van der Waals surface area contributed by atoms with Crippen LogP contribution in [0.2, 0.25) is 0 Å². The summed E-state index contributed by atoms with van der Waals surface area (Å²) in [4.78, 5) is 82.7. The van der Waals surface area contributed by atoms with Crippen molar-refractivity contribution >= 4 is 35.6 Å². The first-order valence-electron chi connectivity index (χ1n) is 24.6. The zero-order valence-electron chi connectivity index (χ0n) is 42.5. The first-order valence-corrected chi connectivity index (χ1v) is 24.6. The second-order valence-electron chi connectivity index (χ2n) is 20.0. The number of esters is 4. The summed E-state index contributed by atoms with van der Waals surface area (Å²) in [5.74, 6) is -8.00. The van der Waals surface area contributed by atoms with E-state index in [0.717, 1.165) is 13.8 Å². The summed E-state index contributed by atoms with van der Waals surface area (Å²) in [6, 6.07) is 43.1. The normalized spacial score (nSPS) is 27.5. The molecule has 3 aliphatic rings. The molecule has 2 saturated carbocycles. The van der Waals surface area contributed by atoms with Crippen molar-refractivity contribution in [3.8, 4) is 11.1 Å². The molecule has 0 radical (unpaired) electrons. The number of benzene rings is 5. The van der Waals surface area contributed by atoms with Crippen LogP contribution < -0.4 is 5.32 Å². The van der Waals surface area contributed by atoms with Crippen molar-refractivity contribution in [1.29, 1.82) is 0 Å². The van der Waals surface area contributed by atoms with Gasteiger partial charge in [0.05, 0.1) is 29.7 Å². The van der Waals surface area contributed by atoms with Gasteiger partial charge in [-0.05, 0) is 65.9 Å². The van der Waals surface area contributed by atoms with Crippen LogP contribution in [0.1, 0.15) is 86.7 Å². The van der Waals surface area contributed by atoms with Gasteiger partial charge in [-0.2, -0.15) is 0 Å². The van der Waals surface area contributed by atoms with Gasteiger partial charge >= 0.3 is 23.9 Å². The molecule has 5 aromatic carbocycles. The number of Topliss-reactive ketones (excluding diaryl/α,β-unsaturated/α-hetero) is 1. The fraction of sp³-hybridized carbons (Fsp3) is 0.356. The Morgan fingerprint density at radius 2 is 1.16 bits per heavy atom. The number of ketones is 1. The standard InChI is InChI=1S/C47H53NO15.C12H10/c1-25-31(62-43(57)36(53)35(28-16-10-7-11-17-28)48-41(55)29-18-12-8-13-19-29)23-47(59)40(63-42(56)30-20-14-9-15-21-30)38-45(6,32(52)22-33(60-26(2)50)46(38,58)24-49)39(54)37(61-27(3)51)34(25)44(47,4)5;1-3-7-11(8-4-1)12-9-5-2-6-10-12/h7-21,31-33,35-38,40,49,52-53,58-59H,22-24H2,1-6H3,(H,48,55);1-10H/t31?,32-,33-,35?,36+,37+,38?,40-,45+,46-,47+;/m0./s1. The first-order chi connectivity index (χ1) is 35.6. The molecule has 5 aromatic rings. The van der Waals surface area contributed by atoms with Crippen LogP contribution in [0.15, 0.2) is 163 Å². The second kappa shape index (κ2) is 22.6. The van der Waals surface area contributed by atoms with Gasteiger partial charge < -0.3 is 49.8 Å². The molecule has 3 aliphatic carbocycles. The summed E-state index contributed by atoms with van der Waals surface area (Å²) in [5.41, 5.74) is -6.45. The molecular formula is C59H63NO15. The summed E-state index contributed by atoms with van der Waals surface area (Å²) in [7, 11) is 0. The highest BCUT2D eigenvalue weighted by atomic mass is 16.6. The summed E-state index contributed by atoms with van der Waals surface area (Å²) in [5, 5.41) is 63.9. The maximum Gasteiger partial charge on any atom is 0.338 e. The van der Waals surface area contributed by atoms with Crippen molar-refractivity contribution in [3.05, 3.63) is 179 Å². The number of hydrogen-bond acceptors (Lipinski definition) is 15. The van der Waals surface area contributed by atoms with Crippen LogP contribution in [0.25, 0.3) is 11.1 Å². The molecule has 8 rings (SSSR count). The number of amides is 1. The van der Waals surface area contributed by atoms with Gasteiger partial charge in [-0.25, -0.2) is 9.59 Å². The van der Waals surface area contributed by atoms with Gasteiger partial charge in [0, 0.05) is 43.6 Å². The molecule has 0 aromatic heterocycles. The summed E-state index contributed by atoms with van der Waals surface area (Å²) >= 11 is 0. The maximum absolute atomic E-state index is 15.4. The predicted molar refractivity (Wildman–Crippen MR) is 273 cm³/mol. The van der Waals surface area contributed by atoms with Gasteiger partial charge in [-0.15, -0.1) is 0 Å². The van der Waals surface area contributed by atoms with Gasteiger partial charge in [0.1, 0.15) is 29.5 Å². The lowest BCUT2D eigenvalue weighted by atomic mass is 9.45. The summed E-state index contributed by atoms with van der Waals surface area (Å²) < 4.78 is 23.5. The minimum absolute atomic E-state index is 0.0365. The highest BCUT2D eigenvalue weighted by molar-refractivity contribution is 5.96. The van der Waals surface area contributed by atoms with Crippen molar-refractivity contribution < 1.29 is 73.2 Å². The molecule has 16 heteroatoms. The lowest BCUT2D eigenvalue weighted by Gasteiger charge is -2.64. The Bertz CT molecular complexity index is 2840. The van der Waals surface area contributed by atoms with Crippen molar-refractivity contribution in [1.82, 2.24) is 5.32 Å². The van der Waals surface area contributed by atoms with Crippen molar-refractivity contribution in [2.45, 2.75) is 108 Å². The largest absolute Gasteiger partial charge is 0.459 e. The van der Waals surface area contributed by atoms with E-state index in [1.54, 1.807) is 54.6 Å². The zero-order valence-corrected chi connectivity index (χ0v) is 42.5. The SMILES string of the molecule is CC(=O)O[C@H]1C(=O)[C@@]2(C)C([C@H](OC(=O)c3ccccc3)[C@]3(O)CC(OC(=O)[C@H](O)C(NC(=O)c4ccccc4)c4ccccc4)C(C)=C1C3(C)C)[C@](O)(CO)[C@@H](OC(C)=O)C[C@@H]2O.c1ccc(-c2ccccc2)cc1. The van der Waals surface area contributed by atoms with E-state index in [4.69, 9.17) is 18.9 Å². The zero-order chi connectivity index (χ0) is 54.5. The fourth-order valence-electron chi connectivity index (χ4n) is 11.1. The topological polar surface area (TPSA) is 253 Å². The number of aliphatic hydroxyl groups excluding tert-OH is 3. The molecule has 3 unspecified atom stereocenters. The molecule has 16 nitrogen and oxygen atoms in total. The van der Waals surface area contributed by atoms with Gasteiger partial charge in [0.15, 0.2) is 18.0 Å². The minimum atomic E-state index is -2.75. The average Bonchev–Trinajstić information content (AvgIpc) is 3.41. The Labute approximate surface area is 434 Å². The van der Waals surface area contributed by atoms with Crippen molar-refractivity contribution in [2.75, 3.05) is 6.61 Å². The van der Waals surface area contributed by atoms with E-state index in [-0.39, 0.29) is 22.3 Å². The third-order valence-corrected chi connectivity index (χ3v) is 15.1. The van der Waals surface area contributed by atoms with E-state index in [9.17, 15) is 49.5 Å². The number of nitrogens with one attached hydrogen (secondary N) is 1. The highest BCUT2D eigenvalue weighted by Crippen LogP contribution is 2.62. The monoisotopic (exact) mass is 1030 g/mol. The predicted octanol–water partition coefficient (Wildman–Crippen LogP) is 6.04. The van der Waals surface area contributed by atoms with Crippen LogP contribution >= 0.6 is 0 Å². The van der Waals surface area contributed by atoms with Gasteiger partial charge in [-0.3, -0.25) is 19.2 Å². The molecule has 2 bridgehead atoms. The van der Waals surface area contributed by atoms with Gasteiger partial charge in [-0.1, -0.05) is 141 Å². The molecule has 11 atom stereocenters. The molecule has 2 fully saturated rings. The van der Waals surface area contributed by atoms with E-state index >= 15 is 4.79 Å². The van der Waals surface area contributed by atoms with E-state index in [0.29, 0.717) is 5.56 Å². The Balaban J connectivity index is 0.000000595.